The lowest BCUT2D eigenvalue weighted by atomic mass is 10.1. The van der Waals surface area contributed by atoms with Crippen molar-refractivity contribution in [3.63, 3.8) is 0 Å². The standard InChI is InChI=1S/C20H38O4/c1-3-4-5-12-15-19(22)16-13-10-8-6-7-9-11-14-17-20(23)24-18(2)21/h10,13,18-19,21-22H,3-9,11-12,14-17H2,1-2H3/b13-10-/t18?,19-/m1/s1. The van der Waals surface area contributed by atoms with Crippen LogP contribution in [0.3, 0.4) is 0 Å². The Balaban J connectivity index is 3.33. The summed E-state index contributed by atoms with van der Waals surface area (Å²) >= 11 is 0. The van der Waals surface area contributed by atoms with Gasteiger partial charge in [-0.05, 0) is 39.0 Å². The van der Waals surface area contributed by atoms with Crippen LogP contribution in [0.1, 0.15) is 97.3 Å². The highest BCUT2D eigenvalue weighted by Gasteiger charge is 2.05. The Hall–Kier alpha value is -0.870. The lowest BCUT2D eigenvalue weighted by Gasteiger charge is -2.07. The van der Waals surface area contributed by atoms with E-state index in [9.17, 15) is 9.90 Å². The van der Waals surface area contributed by atoms with Gasteiger partial charge in [0.2, 0.25) is 0 Å². The van der Waals surface area contributed by atoms with Crippen molar-refractivity contribution in [3.8, 4) is 0 Å². The zero-order chi connectivity index (χ0) is 18.0. The van der Waals surface area contributed by atoms with Gasteiger partial charge in [0, 0.05) is 6.42 Å². The number of hydrogen-bond acceptors (Lipinski definition) is 4. The molecule has 1 unspecified atom stereocenters. The molecule has 2 atom stereocenters. The summed E-state index contributed by atoms with van der Waals surface area (Å²) in [4.78, 5) is 11.2. The fraction of sp³-hybridized carbons (Fsp3) is 0.850. The smallest absolute Gasteiger partial charge is 0.308 e. The summed E-state index contributed by atoms with van der Waals surface area (Å²) < 4.78 is 4.67. The Morgan fingerprint density at radius 3 is 2.33 bits per heavy atom. The SMILES string of the molecule is CCCCCC[C@@H](O)C/C=C\CCCCCCCC(=O)OC(C)O. The number of carbonyl (C=O) groups is 1. The van der Waals surface area contributed by atoms with E-state index >= 15 is 0 Å². The molecule has 0 rings (SSSR count). The first-order chi connectivity index (χ1) is 11.6. The summed E-state index contributed by atoms with van der Waals surface area (Å²) in [7, 11) is 0. The topological polar surface area (TPSA) is 66.8 Å². The van der Waals surface area contributed by atoms with Crippen LogP contribution in [-0.2, 0) is 9.53 Å². The van der Waals surface area contributed by atoms with Gasteiger partial charge in [-0.25, -0.2) is 0 Å². The molecule has 142 valence electrons. The number of unbranched alkanes of at least 4 members (excludes halogenated alkanes) is 8. The molecule has 24 heavy (non-hydrogen) atoms. The van der Waals surface area contributed by atoms with Gasteiger partial charge in [-0.3, -0.25) is 4.79 Å². The molecule has 0 heterocycles. The third-order valence-electron chi connectivity index (χ3n) is 4.02. The van der Waals surface area contributed by atoms with Crippen molar-refractivity contribution in [1.29, 1.82) is 0 Å². The average molecular weight is 343 g/mol. The van der Waals surface area contributed by atoms with E-state index in [-0.39, 0.29) is 12.1 Å². The van der Waals surface area contributed by atoms with Crippen molar-refractivity contribution in [2.45, 2.75) is 110 Å². The van der Waals surface area contributed by atoms with Crippen LogP contribution in [0.5, 0.6) is 0 Å². The number of carbonyl (C=O) groups excluding carboxylic acids is 1. The summed E-state index contributed by atoms with van der Waals surface area (Å²) in [5.41, 5.74) is 0. The molecule has 0 aromatic rings. The highest BCUT2D eigenvalue weighted by molar-refractivity contribution is 5.69. The molecule has 2 N–H and O–H groups in total. The third-order valence-corrected chi connectivity index (χ3v) is 4.02. The minimum absolute atomic E-state index is 0.181. The van der Waals surface area contributed by atoms with Crippen LogP contribution in [0.25, 0.3) is 0 Å². The summed E-state index contributed by atoms with van der Waals surface area (Å²) in [6.45, 7) is 3.64. The van der Waals surface area contributed by atoms with Gasteiger partial charge in [-0.2, -0.15) is 0 Å². The zero-order valence-electron chi connectivity index (χ0n) is 15.7. The molecule has 0 aliphatic heterocycles. The second-order valence-corrected chi connectivity index (χ2v) is 6.61. The van der Waals surface area contributed by atoms with Gasteiger partial charge in [-0.1, -0.05) is 64.0 Å². The highest BCUT2D eigenvalue weighted by atomic mass is 16.6. The lowest BCUT2D eigenvalue weighted by Crippen LogP contribution is -2.13. The Morgan fingerprint density at radius 1 is 0.958 bits per heavy atom. The lowest BCUT2D eigenvalue weighted by molar-refractivity contribution is -0.164. The third kappa shape index (κ3) is 17.5. The minimum atomic E-state index is -1.00. The quantitative estimate of drug-likeness (QED) is 0.182. The number of hydrogen-bond donors (Lipinski definition) is 2. The van der Waals surface area contributed by atoms with E-state index in [1.54, 1.807) is 0 Å². The van der Waals surface area contributed by atoms with E-state index in [1.165, 1.54) is 26.2 Å². The average Bonchev–Trinajstić information content (AvgIpc) is 2.52. The maximum absolute atomic E-state index is 11.2. The predicted octanol–water partition coefficient (Wildman–Crippen LogP) is 4.88. The van der Waals surface area contributed by atoms with Crippen molar-refractivity contribution in [3.05, 3.63) is 12.2 Å². The molecule has 0 saturated heterocycles. The molecule has 0 aromatic heterocycles. The minimum Gasteiger partial charge on any atom is -0.436 e. The fourth-order valence-corrected chi connectivity index (χ4v) is 2.61. The predicted molar refractivity (Wildman–Crippen MR) is 98.6 cm³/mol. The maximum Gasteiger partial charge on any atom is 0.308 e. The van der Waals surface area contributed by atoms with Gasteiger partial charge in [-0.15, -0.1) is 0 Å². The Bertz CT molecular complexity index is 313. The van der Waals surface area contributed by atoms with Crippen molar-refractivity contribution in [2.24, 2.45) is 0 Å². The fourth-order valence-electron chi connectivity index (χ4n) is 2.61. The van der Waals surface area contributed by atoms with Crippen LogP contribution in [0.15, 0.2) is 12.2 Å². The van der Waals surface area contributed by atoms with Gasteiger partial charge in [0.1, 0.15) is 0 Å². The first kappa shape index (κ1) is 23.1. The molecule has 0 bridgehead atoms. The number of esters is 1. The molecule has 0 aliphatic rings. The summed E-state index contributed by atoms with van der Waals surface area (Å²) in [5, 5.41) is 18.7. The summed E-state index contributed by atoms with van der Waals surface area (Å²) in [5.74, 6) is -0.318. The zero-order valence-corrected chi connectivity index (χ0v) is 15.7. The van der Waals surface area contributed by atoms with Crippen molar-refractivity contribution in [2.75, 3.05) is 0 Å². The largest absolute Gasteiger partial charge is 0.436 e. The molecule has 0 aromatic carbocycles. The second-order valence-electron chi connectivity index (χ2n) is 6.61. The number of aliphatic hydroxyl groups is 2. The maximum atomic E-state index is 11.2. The van der Waals surface area contributed by atoms with Crippen molar-refractivity contribution < 1.29 is 19.7 Å². The van der Waals surface area contributed by atoms with E-state index < -0.39 is 6.29 Å². The highest BCUT2D eigenvalue weighted by Crippen LogP contribution is 2.10. The van der Waals surface area contributed by atoms with Gasteiger partial charge >= 0.3 is 5.97 Å². The van der Waals surface area contributed by atoms with E-state index in [0.717, 1.165) is 57.8 Å². The van der Waals surface area contributed by atoms with E-state index in [0.29, 0.717) is 6.42 Å². The van der Waals surface area contributed by atoms with E-state index in [2.05, 4.69) is 23.8 Å². The number of allylic oxidation sites excluding steroid dienone is 1. The number of rotatable bonds is 16. The van der Waals surface area contributed by atoms with Crippen LogP contribution in [-0.4, -0.2) is 28.6 Å². The van der Waals surface area contributed by atoms with Crippen LogP contribution in [0.2, 0.25) is 0 Å². The number of ether oxygens (including phenoxy) is 1. The molecule has 0 saturated carbocycles. The van der Waals surface area contributed by atoms with Crippen LogP contribution in [0.4, 0.5) is 0 Å². The Morgan fingerprint density at radius 2 is 1.62 bits per heavy atom. The number of aliphatic hydroxyl groups excluding tert-OH is 2. The monoisotopic (exact) mass is 342 g/mol. The molecule has 0 aliphatic carbocycles. The second kappa shape index (κ2) is 17.0. The van der Waals surface area contributed by atoms with Crippen molar-refractivity contribution >= 4 is 5.97 Å². The molecular formula is C20H38O4. The Kier molecular flexibility index (Phi) is 16.4. The molecule has 4 nitrogen and oxygen atoms in total. The normalized spacial score (nSPS) is 14.0. The molecule has 4 heteroatoms. The van der Waals surface area contributed by atoms with Gasteiger partial charge < -0.3 is 14.9 Å². The van der Waals surface area contributed by atoms with Gasteiger partial charge in [0.05, 0.1) is 6.10 Å². The molecule has 0 fully saturated rings. The van der Waals surface area contributed by atoms with Crippen LogP contribution in [0, 0.1) is 0 Å². The summed E-state index contributed by atoms with van der Waals surface area (Å²) in [6, 6.07) is 0. The van der Waals surface area contributed by atoms with E-state index in [4.69, 9.17) is 5.11 Å². The van der Waals surface area contributed by atoms with Gasteiger partial charge in [0.25, 0.3) is 0 Å². The van der Waals surface area contributed by atoms with Crippen LogP contribution < -0.4 is 0 Å². The molecule has 0 spiro atoms. The molecular weight excluding hydrogens is 304 g/mol. The first-order valence-corrected chi connectivity index (χ1v) is 9.76. The van der Waals surface area contributed by atoms with Crippen LogP contribution >= 0.6 is 0 Å². The summed E-state index contributed by atoms with van der Waals surface area (Å²) in [6.07, 6.45) is 16.4. The van der Waals surface area contributed by atoms with Crippen molar-refractivity contribution in [1.82, 2.24) is 0 Å². The van der Waals surface area contributed by atoms with E-state index in [1.807, 2.05) is 0 Å². The molecule has 0 radical (unpaired) electrons. The Labute approximate surface area is 148 Å². The first-order valence-electron chi connectivity index (χ1n) is 9.76. The van der Waals surface area contributed by atoms with Gasteiger partial charge in [0.15, 0.2) is 6.29 Å². The molecule has 0 amide bonds.